The fourth-order valence-corrected chi connectivity index (χ4v) is 9.89. The lowest BCUT2D eigenvalue weighted by molar-refractivity contribution is -0.739. The van der Waals surface area contributed by atoms with Gasteiger partial charge < -0.3 is 9.88 Å². The van der Waals surface area contributed by atoms with Crippen LogP contribution in [0.5, 0.6) is 0 Å². The molecule has 2 aromatic heterocycles. The van der Waals surface area contributed by atoms with Gasteiger partial charge >= 0.3 is 0 Å². The molecule has 67 heavy (non-hydrogen) atoms. The van der Waals surface area contributed by atoms with Crippen molar-refractivity contribution in [3.8, 4) is 61.6 Å². The molecule has 2 atom stereocenters. The largest absolute Gasteiger partial charge is 0.317 e. The minimum absolute atomic E-state index is 0.122. The van der Waals surface area contributed by atoms with Crippen LogP contribution in [-0.4, -0.2) is 15.4 Å². The quantitative estimate of drug-likeness (QED) is 0.152. The molecule has 1 aliphatic rings. The molecule has 5 heteroatoms. The molecule has 12 rings (SSSR count). The van der Waals surface area contributed by atoms with Crippen molar-refractivity contribution in [1.82, 2.24) is 14.9 Å². The van der Waals surface area contributed by atoms with E-state index in [2.05, 4.69) is 264 Å². The van der Waals surface area contributed by atoms with E-state index in [1.165, 1.54) is 21.8 Å². The van der Waals surface area contributed by atoms with E-state index in [4.69, 9.17) is 9.98 Å². The summed E-state index contributed by atoms with van der Waals surface area (Å²) in [5, 5.41) is 8.72. The topological polar surface area (TPSA) is 58.8 Å². The van der Waals surface area contributed by atoms with E-state index in [1.54, 1.807) is 0 Å². The number of aromatic nitrogens is 2. The number of amidine groups is 1. The van der Waals surface area contributed by atoms with E-state index in [-0.39, 0.29) is 12.3 Å². The minimum Gasteiger partial charge on any atom is -0.317 e. The van der Waals surface area contributed by atoms with E-state index in [9.17, 15) is 0 Å². The van der Waals surface area contributed by atoms with Crippen molar-refractivity contribution >= 4 is 27.6 Å². The van der Waals surface area contributed by atoms with E-state index in [0.717, 1.165) is 84.1 Å². The molecule has 3 N–H and O–H groups in total. The number of benzene rings is 9. The monoisotopic (exact) mass is 860 g/mol. The summed E-state index contributed by atoms with van der Waals surface area (Å²) in [5.41, 5.74) is 17.5. The van der Waals surface area contributed by atoms with Gasteiger partial charge in [-0.3, -0.25) is 5.32 Å². The third kappa shape index (κ3) is 7.47. The second kappa shape index (κ2) is 17.4. The smallest absolute Gasteiger partial charge is 0.209 e. The van der Waals surface area contributed by atoms with Crippen molar-refractivity contribution in [3.05, 3.63) is 265 Å². The Kier molecular flexibility index (Phi) is 10.4. The van der Waals surface area contributed by atoms with E-state index in [0.29, 0.717) is 0 Å². The van der Waals surface area contributed by atoms with Crippen LogP contribution < -0.4 is 10.6 Å². The highest BCUT2D eigenvalue weighted by Gasteiger charge is 2.30. The van der Waals surface area contributed by atoms with Crippen molar-refractivity contribution in [2.24, 2.45) is 4.99 Å². The van der Waals surface area contributed by atoms with Crippen LogP contribution >= 0.6 is 0 Å². The summed E-state index contributed by atoms with van der Waals surface area (Å²) in [7, 11) is 0. The molecule has 0 spiro atoms. The van der Waals surface area contributed by atoms with Crippen molar-refractivity contribution in [1.29, 1.82) is 0 Å². The molecule has 9 aromatic carbocycles. The number of nitrogens with zero attached hydrogens (tertiary/aromatic N) is 3. The number of quaternary nitrogens is 1. The summed E-state index contributed by atoms with van der Waals surface area (Å²) in [6.45, 7) is 0. The van der Waals surface area contributed by atoms with Crippen molar-refractivity contribution in [3.63, 3.8) is 0 Å². The Morgan fingerprint density at radius 3 is 1.36 bits per heavy atom. The molecule has 0 saturated carbocycles. The molecular formula is C62H46N5+. The number of pyridine rings is 1. The van der Waals surface area contributed by atoms with Gasteiger partial charge in [-0.25, -0.2) is 9.98 Å². The zero-order valence-electron chi connectivity index (χ0n) is 36.7. The normalized spacial score (nSPS) is 14.7. The van der Waals surface area contributed by atoms with Crippen LogP contribution in [-0.2, 0) is 0 Å². The molecule has 3 heterocycles. The molecule has 5 nitrogen and oxygen atoms in total. The SMILES string of the molecule is c1ccc(-c2nc(-c3ccccc3)c(-c3ccccc3)c(-c3ccc(C4NC(c5cccc(-n6c7ccccc7c7ccccc76)c5)=NC(c5ccccc5)[NH2+]4)cc3)c2-c2ccccc2)cc1. The summed E-state index contributed by atoms with van der Waals surface area (Å²) in [4.78, 5) is 11.1. The summed E-state index contributed by atoms with van der Waals surface area (Å²) in [5.74, 6) is 0.861. The maximum Gasteiger partial charge on any atom is 0.209 e. The van der Waals surface area contributed by atoms with Crippen LogP contribution in [0.4, 0.5) is 0 Å². The highest BCUT2D eigenvalue weighted by molar-refractivity contribution is 6.10. The molecule has 0 saturated heterocycles. The Morgan fingerprint density at radius 1 is 0.373 bits per heavy atom. The number of rotatable bonds is 9. The molecule has 318 valence electrons. The molecule has 11 aromatic rings. The molecule has 0 bridgehead atoms. The molecule has 0 fully saturated rings. The fraction of sp³-hybridized carbons (Fsp3) is 0.0323. The van der Waals surface area contributed by atoms with Crippen molar-refractivity contribution in [2.45, 2.75) is 12.3 Å². The Labute approximate surface area is 390 Å². The number of hydrogen-bond donors (Lipinski definition) is 2. The second-order valence-corrected chi connectivity index (χ2v) is 17.1. The Bertz CT molecular complexity index is 3400. The van der Waals surface area contributed by atoms with Gasteiger partial charge in [-0.05, 0) is 41.0 Å². The first-order valence-electron chi connectivity index (χ1n) is 23.0. The van der Waals surface area contributed by atoms with Gasteiger partial charge in [-0.15, -0.1) is 0 Å². The van der Waals surface area contributed by atoms with Gasteiger partial charge in [0.15, 0.2) is 6.17 Å². The first-order chi connectivity index (χ1) is 33.2. The minimum atomic E-state index is -0.157. The van der Waals surface area contributed by atoms with Crippen LogP contribution in [0, 0.1) is 0 Å². The van der Waals surface area contributed by atoms with E-state index < -0.39 is 0 Å². The Hall–Kier alpha value is -8.64. The molecular weight excluding hydrogens is 815 g/mol. The maximum absolute atomic E-state index is 5.64. The van der Waals surface area contributed by atoms with Gasteiger partial charge in [0, 0.05) is 61.0 Å². The lowest BCUT2D eigenvalue weighted by Gasteiger charge is -2.29. The first kappa shape index (κ1) is 39.9. The van der Waals surface area contributed by atoms with Gasteiger partial charge in [0.05, 0.1) is 22.4 Å². The maximum atomic E-state index is 5.64. The lowest BCUT2D eigenvalue weighted by Crippen LogP contribution is -2.90. The summed E-state index contributed by atoms with van der Waals surface area (Å²) < 4.78 is 2.37. The summed E-state index contributed by atoms with van der Waals surface area (Å²) in [6.07, 6.45) is -0.279. The predicted molar refractivity (Wildman–Crippen MR) is 276 cm³/mol. The first-order valence-corrected chi connectivity index (χ1v) is 23.0. The van der Waals surface area contributed by atoms with Crippen LogP contribution in [0.25, 0.3) is 83.4 Å². The summed E-state index contributed by atoms with van der Waals surface area (Å²) in [6, 6.07) is 88.6. The number of nitrogens with one attached hydrogen (secondary N) is 1. The number of nitrogens with two attached hydrogens (primary N) is 1. The standard InChI is InChI=1S/C62H45N5/c1-6-21-42(22-7-1)56-55(57(43-23-8-2-9-24-43)59(46-27-12-4-13-28-46)63-58(56)45-25-10-3-11-26-45)44-37-39-48(40-38-44)61-64-60(47-29-14-5-15-30-47)65-62(66-61)49-31-20-32-50(41-49)67-53-35-18-16-33-51(53)52-34-17-19-36-54(52)67/h1-41,60-61,64H,(H,65,66)/p+1. The molecule has 0 amide bonds. The van der Waals surface area contributed by atoms with Gasteiger partial charge in [-0.1, -0.05) is 224 Å². The summed E-state index contributed by atoms with van der Waals surface area (Å²) >= 11 is 0. The Balaban J connectivity index is 1.00. The van der Waals surface area contributed by atoms with Crippen LogP contribution in [0.1, 0.15) is 29.0 Å². The zero-order chi connectivity index (χ0) is 44.5. The molecule has 0 aliphatic carbocycles. The highest BCUT2D eigenvalue weighted by Crippen LogP contribution is 2.48. The number of para-hydroxylation sites is 2. The highest BCUT2D eigenvalue weighted by atomic mass is 15.3. The van der Waals surface area contributed by atoms with Gasteiger partial charge in [-0.2, -0.15) is 0 Å². The van der Waals surface area contributed by atoms with Gasteiger partial charge in [0.1, 0.15) is 5.84 Å². The number of aliphatic imine (C=N–C) groups is 1. The van der Waals surface area contributed by atoms with Crippen LogP contribution in [0.3, 0.4) is 0 Å². The van der Waals surface area contributed by atoms with Crippen molar-refractivity contribution < 1.29 is 5.32 Å². The zero-order valence-corrected chi connectivity index (χ0v) is 36.7. The van der Waals surface area contributed by atoms with E-state index in [1.807, 2.05) is 0 Å². The Morgan fingerprint density at radius 2 is 0.821 bits per heavy atom. The third-order valence-corrected chi connectivity index (χ3v) is 13.0. The fourth-order valence-electron chi connectivity index (χ4n) is 9.89. The van der Waals surface area contributed by atoms with Crippen molar-refractivity contribution in [2.75, 3.05) is 0 Å². The second-order valence-electron chi connectivity index (χ2n) is 17.1. The number of fused-ring (bicyclic) bond motifs is 3. The third-order valence-electron chi connectivity index (χ3n) is 13.0. The van der Waals surface area contributed by atoms with E-state index >= 15 is 0 Å². The lowest BCUT2D eigenvalue weighted by atomic mass is 9.83. The van der Waals surface area contributed by atoms with Gasteiger partial charge in [0.25, 0.3) is 0 Å². The molecule has 2 unspecified atom stereocenters. The molecule has 1 aliphatic heterocycles. The van der Waals surface area contributed by atoms with Crippen LogP contribution in [0.15, 0.2) is 254 Å². The number of hydrogen-bond acceptors (Lipinski definition) is 3. The average molecular weight is 861 g/mol. The predicted octanol–water partition coefficient (Wildman–Crippen LogP) is 13.8. The average Bonchev–Trinajstić information content (AvgIpc) is 3.76. The van der Waals surface area contributed by atoms with Crippen LogP contribution in [0.2, 0.25) is 0 Å². The van der Waals surface area contributed by atoms with Gasteiger partial charge in [0.2, 0.25) is 6.17 Å². The molecule has 0 radical (unpaired) electrons.